The van der Waals surface area contributed by atoms with Gasteiger partial charge in [-0.3, -0.25) is 0 Å². The highest BCUT2D eigenvalue weighted by Crippen LogP contribution is 2.27. The Bertz CT molecular complexity index is 369. The maximum absolute atomic E-state index is 12.9. The molecule has 0 heterocycles. The summed E-state index contributed by atoms with van der Waals surface area (Å²) in [7, 11) is 0. The third-order valence-electron chi connectivity index (χ3n) is 3.18. The molecule has 0 aromatic heterocycles. The first kappa shape index (κ1) is 12.5. The number of rotatable bonds is 4. The molecule has 0 aliphatic heterocycles. The van der Waals surface area contributed by atoms with Gasteiger partial charge in [0.05, 0.1) is 13.2 Å². The lowest BCUT2D eigenvalue weighted by atomic mass is 10.0. The predicted molar refractivity (Wildman–Crippen MR) is 61.4 cm³/mol. The summed E-state index contributed by atoms with van der Waals surface area (Å²) >= 11 is 0. The Morgan fingerprint density at radius 1 is 1.12 bits per heavy atom. The van der Waals surface area contributed by atoms with Gasteiger partial charge >= 0.3 is 0 Å². The molecule has 2 rings (SSSR count). The van der Waals surface area contributed by atoms with Gasteiger partial charge in [0.25, 0.3) is 0 Å². The Kier molecular flexibility index (Phi) is 3.74. The summed E-state index contributed by atoms with van der Waals surface area (Å²) in [6, 6.07) is 3.41. The van der Waals surface area contributed by atoms with Crippen molar-refractivity contribution in [2.24, 2.45) is 5.73 Å². The molecule has 2 N–H and O–H groups in total. The van der Waals surface area contributed by atoms with Crippen LogP contribution < -0.4 is 5.73 Å². The van der Waals surface area contributed by atoms with Crippen molar-refractivity contribution in [3.8, 4) is 0 Å². The van der Waals surface area contributed by atoms with Gasteiger partial charge < -0.3 is 10.5 Å². The third kappa shape index (κ3) is 3.48. The van der Waals surface area contributed by atoms with Crippen molar-refractivity contribution in [1.82, 2.24) is 0 Å². The van der Waals surface area contributed by atoms with Crippen molar-refractivity contribution in [3.05, 3.63) is 35.4 Å². The van der Waals surface area contributed by atoms with Crippen molar-refractivity contribution >= 4 is 0 Å². The molecular formula is C13H17F2NO. The second-order valence-electron chi connectivity index (χ2n) is 4.84. The second-order valence-corrected chi connectivity index (χ2v) is 4.84. The average Bonchev–Trinajstić information content (AvgIpc) is 2.64. The van der Waals surface area contributed by atoms with Crippen molar-refractivity contribution in [2.45, 2.75) is 37.8 Å². The SMILES string of the molecule is NC1(COCc2cc(F)cc(F)c2)CCCC1. The highest BCUT2D eigenvalue weighted by molar-refractivity contribution is 5.17. The summed E-state index contributed by atoms with van der Waals surface area (Å²) in [6.07, 6.45) is 4.19. The molecule has 1 aliphatic carbocycles. The van der Waals surface area contributed by atoms with Gasteiger partial charge in [0, 0.05) is 11.6 Å². The van der Waals surface area contributed by atoms with E-state index in [0.29, 0.717) is 12.2 Å². The quantitative estimate of drug-likeness (QED) is 0.879. The molecule has 17 heavy (non-hydrogen) atoms. The summed E-state index contributed by atoms with van der Waals surface area (Å²) in [5, 5.41) is 0. The molecule has 1 fully saturated rings. The Hall–Kier alpha value is -1.00. The van der Waals surface area contributed by atoms with Crippen LogP contribution in [0.5, 0.6) is 0 Å². The molecule has 0 saturated heterocycles. The molecule has 0 spiro atoms. The number of hydrogen-bond acceptors (Lipinski definition) is 2. The van der Waals surface area contributed by atoms with Crippen LogP contribution in [0.25, 0.3) is 0 Å². The van der Waals surface area contributed by atoms with E-state index in [0.717, 1.165) is 31.7 Å². The first-order valence-electron chi connectivity index (χ1n) is 5.89. The molecule has 0 bridgehead atoms. The van der Waals surface area contributed by atoms with Crippen LogP contribution in [0.1, 0.15) is 31.2 Å². The molecule has 2 nitrogen and oxygen atoms in total. The molecule has 0 atom stereocenters. The molecule has 1 aliphatic rings. The summed E-state index contributed by atoms with van der Waals surface area (Å²) in [5.41, 5.74) is 6.37. The lowest BCUT2D eigenvalue weighted by Gasteiger charge is -2.23. The first-order valence-corrected chi connectivity index (χ1v) is 5.89. The Morgan fingerprint density at radius 2 is 1.71 bits per heavy atom. The van der Waals surface area contributed by atoms with Gasteiger partial charge in [-0.05, 0) is 30.5 Å². The molecule has 0 amide bonds. The molecular weight excluding hydrogens is 224 g/mol. The highest BCUT2D eigenvalue weighted by atomic mass is 19.1. The van der Waals surface area contributed by atoms with E-state index in [1.165, 1.54) is 12.1 Å². The molecule has 94 valence electrons. The third-order valence-corrected chi connectivity index (χ3v) is 3.18. The zero-order valence-electron chi connectivity index (χ0n) is 9.72. The maximum Gasteiger partial charge on any atom is 0.126 e. The summed E-state index contributed by atoms with van der Waals surface area (Å²) in [5.74, 6) is -1.15. The van der Waals surface area contributed by atoms with Crippen molar-refractivity contribution < 1.29 is 13.5 Å². The van der Waals surface area contributed by atoms with Gasteiger partial charge in [0.15, 0.2) is 0 Å². The zero-order chi connectivity index (χ0) is 12.3. The molecule has 1 aromatic rings. The monoisotopic (exact) mass is 241 g/mol. The Morgan fingerprint density at radius 3 is 2.29 bits per heavy atom. The highest BCUT2D eigenvalue weighted by Gasteiger charge is 2.29. The molecule has 1 aromatic carbocycles. The number of benzene rings is 1. The fraction of sp³-hybridized carbons (Fsp3) is 0.538. The fourth-order valence-electron chi connectivity index (χ4n) is 2.29. The van der Waals surface area contributed by atoms with E-state index in [1.807, 2.05) is 0 Å². The Labute approximate surface area is 99.8 Å². The van der Waals surface area contributed by atoms with E-state index in [-0.39, 0.29) is 12.1 Å². The van der Waals surface area contributed by atoms with E-state index in [9.17, 15) is 8.78 Å². The Balaban J connectivity index is 1.85. The van der Waals surface area contributed by atoms with Crippen LogP contribution in [0.15, 0.2) is 18.2 Å². The van der Waals surface area contributed by atoms with Crippen LogP contribution >= 0.6 is 0 Å². The van der Waals surface area contributed by atoms with E-state index >= 15 is 0 Å². The minimum Gasteiger partial charge on any atom is -0.375 e. The van der Waals surface area contributed by atoms with Crippen molar-refractivity contribution in [3.63, 3.8) is 0 Å². The zero-order valence-corrected chi connectivity index (χ0v) is 9.72. The van der Waals surface area contributed by atoms with Gasteiger partial charge in [-0.1, -0.05) is 12.8 Å². The molecule has 4 heteroatoms. The lowest BCUT2D eigenvalue weighted by Crippen LogP contribution is -2.41. The summed E-state index contributed by atoms with van der Waals surface area (Å²) in [4.78, 5) is 0. The molecule has 1 saturated carbocycles. The number of halogens is 2. The van der Waals surface area contributed by atoms with Gasteiger partial charge in [-0.15, -0.1) is 0 Å². The fourth-order valence-corrected chi connectivity index (χ4v) is 2.29. The molecule has 0 radical (unpaired) electrons. The van der Waals surface area contributed by atoms with Gasteiger partial charge in [-0.25, -0.2) is 8.78 Å². The minimum atomic E-state index is -0.577. The topological polar surface area (TPSA) is 35.2 Å². The average molecular weight is 241 g/mol. The van der Waals surface area contributed by atoms with E-state index < -0.39 is 11.6 Å². The van der Waals surface area contributed by atoms with Crippen LogP contribution in [-0.2, 0) is 11.3 Å². The smallest absolute Gasteiger partial charge is 0.126 e. The minimum absolute atomic E-state index is 0.202. The second kappa shape index (κ2) is 5.10. The van der Waals surface area contributed by atoms with Gasteiger partial charge in [0.2, 0.25) is 0 Å². The standard InChI is InChI=1S/C13H17F2NO/c14-11-5-10(6-12(15)7-11)8-17-9-13(16)3-1-2-4-13/h5-7H,1-4,8-9,16H2. The number of nitrogens with two attached hydrogens (primary N) is 1. The van der Waals surface area contributed by atoms with E-state index in [4.69, 9.17) is 10.5 Å². The normalized spacial score (nSPS) is 18.5. The first-order chi connectivity index (χ1) is 8.07. The van der Waals surface area contributed by atoms with E-state index in [1.54, 1.807) is 0 Å². The number of ether oxygens (including phenoxy) is 1. The summed E-state index contributed by atoms with van der Waals surface area (Å²) < 4.78 is 31.3. The predicted octanol–water partition coefficient (Wildman–Crippen LogP) is 2.75. The van der Waals surface area contributed by atoms with Crippen molar-refractivity contribution in [1.29, 1.82) is 0 Å². The van der Waals surface area contributed by atoms with Crippen molar-refractivity contribution in [2.75, 3.05) is 6.61 Å². The van der Waals surface area contributed by atoms with Crippen LogP contribution in [0.2, 0.25) is 0 Å². The van der Waals surface area contributed by atoms with Gasteiger partial charge in [0.1, 0.15) is 11.6 Å². The van der Waals surface area contributed by atoms with Gasteiger partial charge in [-0.2, -0.15) is 0 Å². The van der Waals surface area contributed by atoms with E-state index in [2.05, 4.69) is 0 Å². The largest absolute Gasteiger partial charge is 0.375 e. The lowest BCUT2D eigenvalue weighted by molar-refractivity contribution is 0.0748. The van der Waals surface area contributed by atoms with Crippen LogP contribution in [-0.4, -0.2) is 12.1 Å². The molecule has 0 unspecified atom stereocenters. The maximum atomic E-state index is 12.9. The van der Waals surface area contributed by atoms with Crippen LogP contribution in [0, 0.1) is 11.6 Å². The summed E-state index contributed by atoms with van der Waals surface area (Å²) in [6.45, 7) is 0.652. The van der Waals surface area contributed by atoms with Crippen LogP contribution in [0.3, 0.4) is 0 Å². The van der Waals surface area contributed by atoms with Crippen LogP contribution in [0.4, 0.5) is 8.78 Å². The number of hydrogen-bond donors (Lipinski definition) is 1.